The monoisotopic (exact) mass is 234 g/mol. The molecule has 2 rings (SSSR count). The minimum absolute atomic E-state index is 0.194. The second kappa shape index (κ2) is 5.19. The molecule has 2 nitrogen and oxygen atoms in total. The average molecular weight is 234 g/mol. The molecular weight excluding hydrogens is 212 g/mol. The molecule has 0 spiro atoms. The van der Waals surface area contributed by atoms with E-state index in [-0.39, 0.29) is 6.10 Å². The van der Waals surface area contributed by atoms with Crippen molar-refractivity contribution < 1.29 is 9.84 Å². The molecule has 1 aromatic carbocycles. The molecule has 1 fully saturated rings. The molecule has 1 saturated heterocycles. The molecule has 0 radical (unpaired) electrons. The summed E-state index contributed by atoms with van der Waals surface area (Å²) < 4.78 is 5.64. The molecule has 0 amide bonds. The fourth-order valence-electron chi connectivity index (χ4n) is 2.54. The first-order chi connectivity index (χ1) is 8.18. The zero-order valence-corrected chi connectivity index (χ0v) is 10.8. The van der Waals surface area contributed by atoms with E-state index in [0.29, 0.717) is 13.0 Å². The number of benzene rings is 1. The van der Waals surface area contributed by atoms with Gasteiger partial charge in [0.25, 0.3) is 0 Å². The van der Waals surface area contributed by atoms with Crippen LogP contribution in [0.3, 0.4) is 0 Å². The van der Waals surface area contributed by atoms with E-state index in [0.717, 1.165) is 24.8 Å². The van der Waals surface area contributed by atoms with Gasteiger partial charge in [0.15, 0.2) is 0 Å². The van der Waals surface area contributed by atoms with Crippen molar-refractivity contribution in [2.75, 3.05) is 6.61 Å². The first-order valence-corrected chi connectivity index (χ1v) is 6.61. The number of rotatable bonds is 3. The van der Waals surface area contributed by atoms with Crippen molar-refractivity contribution in [3.05, 3.63) is 35.4 Å². The summed E-state index contributed by atoms with van der Waals surface area (Å²) in [6, 6.07) is 8.33. The lowest BCUT2D eigenvalue weighted by Gasteiger charge is -2.37. The highest BCUT2D eigenvalue weighted by molar-refractivity contribution is 5.28. The topological polar surface area (TPSA) is 29.5 Å². The van der Waals surface area contributed by atoms with E-state index in [9.17, 15) is 5.11 Å². The molecule has 0 aliphatic carbocycles. The fraction of sp³-hybridized carbons (Fsp3) is 0.600. The number of aryl methyl sites for hydroxylation is 1. The zero-order valence-electron chi connectivity index (χ0n) is 10.8. The van der Waals surface area contributed by atoms with Gasteiger partial charge in [-0.15, -0.1) is 0 Å². The van der Waals surface area contributed by atoms with Gasteiger partial charge >= 0.3 is 0 Å². The zero-order chi connectivity index (χ0) is 12.3. The summed E-state index contributed by atoms with van der Waals surface area (Å²) in [4.78, 5) is 0. The van der Waals surface area contributed by atoms with Gasteiger partial charge in [-0.25, -0.2) is 0 Å². The Hall–Kier alpha value is -0.860. The van der Waals surface area contributed by atoms with Crippen molar-refractivity contribution in [1.29, 1.82) is 0 Å². The van der Waals surface area contributed by atoms with Crippen LogP contribution >= 0.6 is 0 Å². The summed E-state index contributed by atoms with van der Waals surface area (Å²) in [5, 5.41) is 10.8. The van der Waals surface area contributed by atoms with Gasteiger partial charge in [0.1, 0.15) is 0 Å². The quantitative estimate of drug-likeness (QED) is 0.871. The second-order valence-corrected chi connectivity index (χ2v) is 4.94. The SMILES string of the molecule is CCc1cccc(C2(O)CCOC(CC)C2)c1. The van der Waals surface area contributed by atoms with Crippen molar-refractivity contribution in [3.8, 4) is 0 Å². The van der Waals surface area contributed by atoms with Crippen molar-refractivity contribution in [2.24, 2.45) is 0 Å². The molecule has 1 aliphatic rings. The van der Waals surface area contributed by atoms with E-state index in [1.54, 1.807) is 0 Å². The van der Waals surface area contributed by atoms with Crippen LogP contribution in [0.15, 0.2) is 24.3 Å². The lowest BCUT2D eigenvalue weighted by atomic mass is 9.82. The molecule has 0 aromatic heterocycles. The molecule has 2 unspecified atom stereocenters. The van der Waals surface area contributed by atoms with Crippen LogP contribution in [-0.4, -0.2) is 17.8 Å². The maximum atomic E-state index is 10.8. The summed E-state index contributed by atoms with van der Waals surface area (Å²) in [6.45, 7) is 4.91. The third-order valence-electron chi connectivity index (χ3n) is 3.76. The Labute approximate surface area is 104 Å². The lowest BCUT2D eigenvalue weighted by molar-refractivity contribution is -0.108. The van der Waals surface area contributed by atoms with Gasteiger partial charge in [-0.05, 0) is 24.0 Å². The Kier molecular flexibility index (Phi) is 3.85. The molecule has 2 atom stereocenters. The van der Waals surface area contributed by atoms with Crippen LogP contribution in [0.5, 0.6) is 0 Å². The molecule has 17 heavy (non-hydrogen) atoms. The van der Waals surface area contributed by atoms with E-state index in [1.165, 1.54) is 5.56 Å². The summed E-state index contributed by atoms with van der Waals surface area (Å²) in [5.74, 6) is 0. The van der Waals surface area contributed by atoms with E-state index in [1.807, 2.05) is 12.1 Å². The smallest absolute Gasteiger partial charge is 0.0943 e. The molecule has 0 saturated carbocycles. The number of hydrogen-bond donors (Lipinski definition) is 1. The van der Waals surface area contributed by atoms with Gasteiger partial charge in [0, 0.05) is 12.8 Å². The Morgan fingerprint density at radius 3 is 2.94 bits per heavy atom. The van der Waals surface area contributed by atoms with Gasteiger partial charge in [0.05, 0.1) is 18.3 Å². The molecule has 1 heterocycles. The third kappa shape index (κ3) is 2.70. The van der Waals surface area contributed by atoms with Gasteiger partial charge in [0.2, 0.25) is 0 Å². The highest BCUT2D eigenvalue weighted by atomic mass is 16.5. The number of hydrogen-bond acceptors (Lipinski definition) is 2. The Morgan fingerprint density at radius 1 is 1.41 bits per heavy atom. The average Bonchev–Trinajstić information content (AvgIpc) is 2.39. The van der Waals surface area contributed by atoms with Crippen LogP contribution in [0.4, 0.5) is 0 Å². The van der Waals surface area contributed by atoms with Crippen LogP contribution in [0.25, 0.3) is 0 Å². The van der Waals surface area contributed by atoms with E-state index < -0.39 is 5.60 Å². The first kappa shape index (κ1) is 12.6. The van der Waals surface area contributed by atoms with Crippen molar-refractivity contribution in [2.45, 2.75) is 51.2 Å². The number of aliphatic hydroxyl groups is 1. The largest absolute Gasteiger partial charge is 0.385 e. The molecular formula is C15H22O2. The maximum Gasteiger partial charge on any atom is 0.0943 e. The lowest BCUT2D eigenvalue weighted by Crippen LogP contribution is -2.38. The first-order valence-electron chi connectivity index (χ1n) is 6.61. The second-order valence-electron chi connectivity index (χ2n) is 4.94. The Morgan fingerprint density at radius 2 is 2.24 bits per heavy atom. The fourth-order valence-corrected chi connectivity index (χ4v) is 2.54. The molecule has 1 N–H and O–H groups in total. The van der Waals surface area contributed by atoms with Crippen LogP contribution in [0, 0.1) is 0 Å². The van der Waals surface area contributed by atoms with E-state index in [4.69, 9.17) is 4.74 Å². The van der Waals surface area contributed by atoms with E-state index in [2.05, 4.69) is 26.0 Å². The normalized spacial score (nSPS) is 29.2. The molecule has 1 aliphatic heterocycles. The van der Waals surface area contributed by atoms with Gasteiger partial charge in [-0.1, -0.05) is 38.1 Å². The van der Waals surface area contributed by atoms with Gasteiger partial charge < -0.3 is 9.84 Å². The molecule has 1 aromatic rings. The number of ether oxygens (including phenoxy) is 1. The molecule has 0 bridgehead atoms. The third-order valence-corrected chi connectivity index (χ3v) is 3.76. The minimum atomic E-state index is -0.690. The van der Waals surface area contributed by atoms with Crippen LogP contribution < -0.4 is 0 Å². The van der Waals surface area contributed by atoms with Crippen LogP contribution in [-0.2, 0) is 16.8 Å². The van der Waals surface area contributed by atoms with Crippen molar-refractivity contribution in [3.63, 3.8) is 0 Å². The summed E-state index contributed by atoms with van der Waals surface area (Å²) in [7, 11) is 0. The van der Waals surface area contributed by atoms with Crippen molar-refractivity contribution in [1.82, 2.24) is 0 Å². The molecule has 94 valence electrons. The molecule has 2 heteroatoms. The maximum absolute atomic E-state index is 10.8. The minimum Gasteiger partial charge on any atom is -0.385 e. The summed E-state index contributed by atoms with van der Waals surface area (Å²) >= 11 is 0. The van der Waals surface area contributed by atoms with Crippen LogP contribution in [0.1, 0.15) is 44.2 Å². The Balaban J connectivity index is 2.23. The van der Waals surface area contributed by atoms with Gasteiger partial charge in [-0.2, -0.15) is 0 Å². The highest BCUT2D eigenvalue weighted by Crippen LogP contribution is 2.35. The van der Waals surface area contributed by atoms with Crippen LogP contribution in [0.2, 0.25) is 0 Å². The van der Waals surface area contributed by atoms with Gasteiger partial charge in [-0.3, -0.25) is 0 Å². The van der Waals surface area contributed by atoms with E-state index >= 15 is 0 Å². The highest BCUT2D eigenvalue weighted by Gasteiger charge is 2.35. The Bertz CT molecular complexity index is 375. The predicted molar refractivity (Wildman–Crippen MR) is 69.0 cm³/mol. The summed E-state index contributed by atoms with van der Waals surface area (Å²) in [6.07, 6.45) is 3.60. The summed E-state index contributed by atoms with van der Waals surface area (Å²) in [5.41, 5.74) is 1.65. The standard InChI is InChI=1S/C15H22O2/c1-3-12-6-5-7-13(10-12)15(16)8-9-17-14(4-2)11-15/h5-7,10,14,16H,3-4,8-9,11H2,1-2H3. The predicted octanol–water partition coefficient (Wildman–Crippen LogP) is 3.03. The van der Waals surface area contributed by atoms with Crippen molar-refractivity contribution >= 4 is 0 Å².